The van der Waals surface area contributed by atoms with Crippen LogP contribution in [0.3, 0.4) is 0 Å². The molecular weight excluding hydrogens is 340 g/mol. The van der Waals surface area contributed by atoms with Crippen molar-refractivity contribution in [2.24, 2.45) is 0 Å². The van der Waals surface area contributed by atoms with Crippen LogP contribution in [0, 0.1) is 0 Å². The maximum absolute atomic E-state index is 12.2. The zero-order valence-corrected chi connectivity index (χ0v) is 14.3. The number of hydrogen-bond donors (Lipinski definition) is 2. The molecule has 5 heteroatoms. The average Bonchev–Trinajstić information content (AvgIpc) is 3.13. The summed E-state index contributed by atoms with van der Waals surface area (Å²) < 4.78 is 5.70. The Bertz CT molecular complexity index is 1100. The van der Waals surface area contributed by atoms with Crippen LogP contribution in [0.5, 0.6) is 5.75 Å². The molecule has 2 N–H and O–H groups in total. The number of carbonyl (C=O) groups is 1. The van der Waals surface area contributed by atoms with Crippen LogP contribution in [-0.4, -0.2) is 16.0 Å². The average molecular weight is 356 g/mol. The van der Waals surface area contributed by atoms with Gasteiger partial charge in [-0.2, -0.15) is 0 Å². The molecule has 0 saturated carbocycles. The van der Waals surface area contributed by atoms with E-state index >= 15 is 0 Å². The lowest BCUT2D eigenvalue weighted by Crippen LogP contribution is -2.07. The first kappa shape index (κ1) is 16.6. The molecule has 0 bridgehead atoms. The lowest BCUT2D eigenvalue weighted by molar-refractivity contribution is -0.111. The van der Waals surface area contributed by atoms with Gasteiger partial charge in [0.1, 0.15) is 11.3 Å². The highest BCUT2D eigenvalue weighted by Crippen LogP contribution is 2.33. The van der Waals surface area contributed by atoms with Crippen LogP contribution in [0.4, 0.5) is 5.69 Å². The van der Waals surface area contributed by atoms with Crippen LogP contribution in [0.25, 0.3) is 28.6 Å². The summed E-state index contributed by atoms with van der Waals surface area (Å²) in [6.45, 7) is 0. The van der Waals surface area contributed by atoms with Gasteiger partial charge in [-0.1, -0.05) is 42.5 Å². The molecule has 0 spiro atoms. The molecule has 0 aliphatic rings. The van der Waals surface area contributed by atoms with E-state index in [1.54, 1.807) is 18.2 Å². The third kappa shape index (κ3) is 3.72. The van der Waals surface area contributed by atoms with E-state index in [4.69, 9.17) is 4.42 Å². The van der Waals surface area contributed by atoms with Gasteiger partial charge in [0.2, 0.25) is 11.8 Å². The molecule has 0 aliphatic heterocycles. The SMILES string of the molecule is O=C(C=Cc1ccccc1)Nc1ccc(O)c(-c2nc3ccccc3o2)c1. The highest BCUT2D eigenvalue weighted by Gasteiger charge is 2.13. The minimum absolute atomic E-state index is 0.0272. The molecule has 4 rings (SSSR count). The number of phenolic OH excluding ortho intramolecular Hbond substituents is 1. The van der Waals surface area contributed by atoms with E-state index in [1.807, 2.05) is 54.6 Å². The van der Waals surface area contributed by atoms with Gasteiger partial charge < -0.3 is 14.8 Å². The van der Waals surface area contributed by atoms with Crippen molar-refractivity contribution in [2.75, 3.05) is 5.32 Å². The maximum Gasteiger partial charge on any atom is 0.248 e. The molecule has 3 aromatic carbocycles. The Labute approximate surface area is 155 Å². The van der Waals surface area contributed by atoms with Crippen molar-refractivity contribution < 1.29 is 14.3 Å². The van der Waals surface area contributed by atoms with Crippen molar-refractivity contribution in [3.05, 3.63) is 84.4 Å². The molecule has 0 unspecified atom stereocenters. The second-order valence-corrected chi connectivity index (χ2v) is 5.95. The molecule has 0 saturated heterocycles. The van der Waals surface area contributed by atoms with E-state index in [-0.39, 0.29) is 11.7 Å². The monoisotopic (exact) mass is 356 g/mol. The van der Waals surface area contributed by atoms with Gasteiger partial charge >= 0.3 is 0 Å². The molecule has 0 fully saturated rings. The van der Waals surface area contributed by atoms with E-state index in [1.165, 1.54) is 12.1 Å². The fourth-order valence-electron chi connectivity index (χ4n) is 2.69. The quantitative estimate of drug-likeness (QED) is 0.405. The third-order valence-corrected chi connectivity index (χ3v) is 4.02. The number of rotatable bonds is 4. The lowest BCUT2D eigenvalue weighted by atomic mass is 10.1. The van der Waals surface area contributed by atoms with Crippen LogP contribution in [0.15, 0.2) is 83.3 Å². The van der Waals surface area contributed by atoms with Gasteiger partial charge in [-0.05, 0) is 42.0 Å². The van der Waals surface area contributed by atoms with Crippen LogP contribution < -0.4 is 5.32 Å². The molecule has 0 aliphatic carbocycles. The van der Waals surface area contributed by atoms with Crippen LogP contribution in [-0.2, 0) is 4.79 Å². The largest absolute Gasteiger partial charge is 0.507 e. The Morgan fingerprint density at radius 1 is 1.00 bits per heavy atom. The summed E-state index contributed by atoms with van der Waals surface area (Å²) in [5, 5.41) is 13.0. The van der Waals surface area contributed by atoms with Crippen molar-refractivity contribution in [1.29, 1.82) is 0 Å². The molecule has 1 aromatic heterocycles. The number of nitrogens with zero attached hydrogens (tertiary/aromatic N) is 1. The summed E-state index contributed by atoms with van der Waals surface area (Å²) in [6, 6.07) is 21.7. The Balaban J connectivity index is 1.57. The number of nitrogens with one attached hydrogen (secondary N) is 1. The number of aromatic nitrogens is 1. The summed E-state index contributed by atoms with van der Waals surface area (Å²) in [5.74, 6) is 0.0528. The van der Waals surface area contributed by atoms with Crippen molar-refractivity contribution in [1.82, 2.24) is 4.98 Å². The number of anilines is 1. The predicted molar refractivity (Wildman–Crippen MR) is 105 cm³/mol. The first-order valence-corrected chi connectivity index (χ1v) is 8.42. The summed E-state index contributed by atoms with van der Waals surface area (Å²) in [4.78, 5) is 16.5. The second-order valence-electron chi connectivity index (χ2n) is 5.95. The second kappa shape index (κ2) is 7.17. The molecule has 1 heterocycles. The number of fused-ring (bicyclic) bond motifs is 1. The van der Waals surface area contributed by atoms with Crippen molar-refractivity contribution in [3.8, 4) is 17.2 Å². The number of oxazole rings is 1. The van der Waals surface area contributed by atoms with Crippen molar-refractivity contribution >= 4 is 28.8 Å². The molecule has 5 nitrogen and oxygen atoms in total. The summed E-state index contributed by atoms with van der Waals surface area (Å²) >= 11 is 0. The Morgan fingerprint density at radius 2 is 1.78 bits per heavy atom. The summed E-state index contributed by atoms with van der Waals surface area (Å²) in [6.07, 6.45) is 3.19. The number of carbonyl (C=O) groups excluding carboxylic acids is 1. The highest BCUT2D eigenvalue weighted by molar-refractivity contribution is 6.02. The minimum Gasteiger partial charge on any atom is -0.507 e. The normalized spacial score (nSPS) is 11.1. The first-order valence-electron chi connectivity index (χ1n) is 8.42. The van der Waals surface area contributed by atoms with Gasteiger partial charge in [0.05, 0.1) is 5.56 Å². The van der Waals surface area contributed by atoms with Crippen LogP contribution in [0.2, 0.25) is 0 Å². The molecule has 27 heavy (non-hydrogen) atoms. The minimum atomic E-state index is -0.270. The van der Waals surface area contributed by atoms with E-state index < -0.39 is 0 Å². The summed E-state index contributed by atoms with van der Waals surface area (Å²) in [5.41, 5.74) is 3.22. The number of para-hydroxylation sites is 2. The molecule has 4 aromatic rings. The van der Waals surface area contributed by atoms with E-state index in [0.717, 1.165) is 5.56 Å². The number of benzene rings is 3. The number of amides is 1. The van der Waals surface area contributed by atoms with Gasteiger partial charge in [0.25, 0.3) is 0 Å². The highest BCUT2D eigenvalue weighted by atomic mass is 16.3. The fraction of sp³-hybridized carbons (Fsp3) is 0. The molecule has 132 valence electrons. The van der Waals surface area contributed by atoms with Gasteiger partial charge in [-0.15, -0.1) is 0 Å². The van der Waals surface area contributed by atoms with Crippen LogP contribution in [0.1, 0.15) is 5.56 Å². The molecular formula is C22H16N2O3. The Morgan fingerprint density at radius 3 is 2.59 bits per heavy atom. The first-order chi connectivity index (χ1) is 13.2. The van der Waals surface area contributed by atoms with Crippen molar-refractivity contribution in [3.63, 3.8) is 0 Å². The van der Waals surface area contributed by atoms with E-state index in [0.29, 0.717) is 28.2 Å². The zero-order chi connectivity index (χ0) is 18.6. The molecule has 0 radical (unpaired) electrons. The van der Waals surface area contributed by atoms with Gasteiger partial charge in [0, 0.05) is 11.8 Å². The van der Waals surface area contributed by atoms with Crippen LogP contribution >= 0.6 is 0 Å². The summed E-state index contributed by atoms with van der Waals surface area (Å²) in [7, 11) is 0. The Kier molecular flexibility index (Phi) is 4.41. The van der Waals surface area contributed by atoms with Crippen molar-refractivity contribution in [2.45, 2.75) is 0 Å². The standard InChI is InChI=1S/C22H16N2O3/c25-19-12-11-16(23-21(26)13-10-15-6-2-1-3-7-15)14-17(19)22-24-18-8-4-5-9-20(18)27-22/h1-14,25H,(H,23,26). The Hall–Kier alpha value is -3.86. The lowest BCUT2D eigenvalue weighted by Gasteiger charge is -2.06. The number of hydrogen-bond acceptors (Lipinski definition) is 4. The predicted octanol–water partition coefficient (Wildman–Crippen LogP) is 4.85. The number of phenols is 1. The van der Waals surface area contributed by atoms with E-state index in [9.17, 15) is 9.90 Å². The van der Waals surface area contributed by atoms with E-state index in [2.05, 4.69) is 10.3 Å². The zero-order valence-electron chi connectivity index (χ0n) is 14.3. The number of aromatic hydroxyl groups is 1. The third-order valence-electron chi connectivity index (χ3n) is 4.02. The topological polar surface area (TPSA) is 75.4 Å². The molecule has 0 atom stereocenters. The van der Waals surface area contributed by atoms with Gasteiger partial charge in [-0.3, -0.25) is 4.79 Å². The van der Waals surface area contributed by atoms with Gasteiger partial charge in [0.15, 0.2) is 5.58 Å². The maximum atomic E-state index is 12.2. The fourth-order valence-corrected chi connectivity index (χ4v) is 2.69. The van der Waals surface area contributed by atoms with Gasteiger partial charge in [-0.25, -0.2) is 4.98 Å². The molecule has 1 amide bonds. The smallest absolute Gasteiger partial charge is 0.248 e.